The first-order chi connectivity index (χ1) is 8.33. The van der Waals surface area contributed by atoms with Gasteiger partial charge in [0.2, 0.25) is 11.9 Å². The van der Waals surface area contributed by atoms with E-state index in [9.17, 15) is 0 Å². The molecule has 0 atom stereocenters. The van der Waals surface area contributed by atoms with Crippen LogP contribution in [0, 0.1) is 17.2 Å². The summed E-state index contributed by atoms with van der Waals surface area (Å²) in [7, 11) is -3.28. The van der Waals surface area contributed by atoms with E-state index in [1.807, 2.05) is 31.3 Å². The second-order valence-electron chi connectivity index (χ2n) is 3.37. The number of nitrogens with zero attached hydrogens (tertiary/aromatic N) is 1. The van der Waals surface area contributed by atoms with Gasteiger partial charge in [-0.2, -0.15) is 0 Å². The van der Waals surface area contributed by atoms with Gasteiger partial charge in [0.15, 0.2) is 0 Å². The van der Waals surface area contributed by atoms with Gasteiger partial charge in [-0.15, -0.1) is 10.2 Å². The Bertz CT molecular complexity index is 520. The van der Waals surface area contributed by atoms with E-state index in [-0.39, 0.29) is 0 Å². The largest absolute Gasteiger partial charge is 0.274 e. The van der Waals surface area contributed by atoms with Crippen LogP contribution >= 0.6 is 0 Å². The van der Waals surface area contributed by atoms with E-state index in [1.165, 1.54) is 10.8 Å². The van der Waals surface area contributed by atoms with Crippen molar-refractivity contribution in [3.8, 4) is 0 Å². The van der Waals surface area contributed by atoms with Crippen LogP contribution in [0.3, 0.4) is 0 Å². The molecule has 0 amide bonds. The lowest BCUT2D eigenvalue weighted by Gasteiger charge is -2.17. The fourth-order valence-electron chi connectivity index (χ4n) is 1.55. The van der Waals surface area contributed by atoms with Gasteiger partial charge < -0.3 is 0 Å². The van der Waals surface area contributed by atoms with Crippen molar-refractivity contribution in [2.45, 2.75) is 6.92 Å². The summed E-state index contributed by atoms with van der Waals surface area (Å²) in [6, 6.07) is 10.3. The van der Waals surface area contributed by atoms with Crippen molar-refractivity contribution in [2.75, 3.05) is 7.11 Å². The number of fused-ring (bicyclic) bond motifs is 1. The molecule has 0 radical (unpaired) electrons. The van der Waals surface area contributed by atoms with Gasteiger partial charge >= 0.3 is 0 Å². The number of hydrogen-bond acceptors (Lipinski definition) is 5. The van der Waals surface area contributed by atoms with E-state index in [4.69, 9.17) is 23.5 Å². The second kappa shape index (κ2) is 5.94. The van der Waals surface area contributed by atoms with Gasteiger partial charge in [-0.25, -0.2) is 18.6 Å². The Hall–Kier alpha value is -1.44. The number of benzene rings is 1. The first kappa shape index (κ1) is 14.6. The van der Waals surface area contributed by atoms with E-state index in [1.54, 1.807) is 11.8 Å². The lowest BCUT2D eigenvalue weighted by atomic mass is 10.1. The Kier molecular flexibility index (Phi) is 4.83. The minimum absolute atomic E-state index is 1.13. The summed E-state index contributed by atoms with van der Waals surface area (Å²) in [5, 5.41) is 2.47. The fraction of sp³-hybridized carbons (Fsp3) is 0.182. The Labute approximate surface area is 106 Å². The van der Waals surface area contributed by atoms with E-state index < -0.39 is 10.2 Å². The molecule has 98 valence electrons. The van der Waals surface area contributed by atoms with E-state index in [2.05, 4.69) is 12.1 Å². The molecule has 0 bridgehead atoms. The molecule has 0 spiro atoms. The van der Waals surface area contributed by atoms with Crippen LogP contribution in [0.25, 0.3) is 10.8 Å². The summed E-state index contributed by atoms with van der Waals surface area (Å²) in [6.45, 7) is 2.05. The van der Waals surface area contributed by atoms with Crippen molar-refractivity contribution in [3.05, 3.63) is 42.2 Å². The molecule has 0 aliphatic heterocycles. The number of aromatic nitrogens is 1. The predicted octanol–water partition coefficient (Wildman–Crippen LogP) is -3.26. The lowest BCUT2D eigenvalue weighted by Crippen LogP contribution is -2.68. The second-order valence-corrected chi connectivity index (χ2v) is 4.13. The third-order valence-electron chi connectivity index (χ3n) is 2.27. The van der Waals surface area contributed by atoms with Crippen molar-refractivity contribution in [2.24, 2.45) is 0 Å². The Balaban J connectivity index is 0.000000280. The molecule has 1 aromatic heterocycles. The summed E-state index contributed by atoms with van der Waals surface area (Å²) in [5.41, 5.74) is 1.13. The quantitative estimate of drug-likeness (QED) is 0.507. The molecule has 0 unspecified atom stereocenters. The van der Waals surface area contributed by atoms with Crippen LogP contribution in [0.5, 0.6) is 0 Å². The highest BCUT2D eigenvalue weighted by molar-refractivity contribution is 5.82. The maximum Gasteiger partial charge on any atom is 0.239 e. The Morgan fingerprint density at radius 2 is 1.61 bits per heavy atom. The number of halogens is 1. The number of hydrogen-bond donors (Lipinski definition) is 0. The normalized spacial score (nSPS) is 10.8. The first-order valence-electron chi connectivity index (χ1n) is 4.89. The molecule has 2 aromatic rings. The van der Waals surface area contributed by atoms with Gasteiger partial charge in [-0.05, 0) is 11.5 Å². The molecule has 0 N–H and O–H groups in total. The molecular weight excluding hydrogens is 262 g/mol. The minimum atomic E-state index is -4.94. The average molecular weight is 274 g/mol. The molecule has 0 fully saturated rings. The van der Waals surface area contributed by atoms with Gasteiger partial charge in [0.05, 0.1) is 5.39 Å². The third-order valence-corrected chi connectivity index (χ3v) is 2.27. The molecule has 1 heterocycles. The standard InChI is InChI=1S/C11H12NO.ClHO4/c1-9-11-6-4-3-5-10(11)7-8-12(9)13-2;2-1(3,4)5/h3-8H,1-2H3;(H,2,3,4,5)/q+1;/p-1. The minimum Gasteiger partial charge on any atom is -0.274 e. The van der Waals surface area contributed by atoms with Gasteiger partial charge in [0, 0.05) is 17.7 Å². The molecule has 18 heavy (non-hydrogen) atoms. The monoisotopic (exact) mass is 273 g/mol. The van der Waals surface area contributed by atoms with Crippen molar-refractivity contribution >= 4 is 10.8 Å². The van der Waals surface area contributed by atoms with Gasteiger partial charge in [0.25, 0.3) is 0 Å². The smallest absolute Gasteiger partial charge is 0.239 e. The lowest BCUT2D eigenvalue weighted by molar-refractivity contribution is -2.00. The van der Waals surface area contributed by atoms with Crippen molar-refractivity contribution in [1.82, 2.24) is 0 Å². The Morgan fingerprint density at radius 1 is 1.06 bits per heavy atom. The highest BCUT2D eigenvalue weighted by atomic mass is 35.7. The van der Waals surface area contributed by atoms with Crippen molar-refractivity contribution in [1.29, 1.82) is 0 Å². The molecule has 7 heteroatoms. The summed E-state index contributed by atoms with van der Waals surface area (Å²) in [4.78, 5) is 5.17. The molecule has 0 aliphatic carbocycles. The molecule has 0 saturated heterocycles. The van der Waals surface area contributed by atoms with Crippen LogP contribution in [0.15, 0.2) is 36.5 Å². The van der Waals surface area contributed by atoms with Gasteiger partial charge in [-0.3, -0.25) is 4.84 Å². The van der Waals surface area contributed by atoms with Gasteiger partial charge in [0.1, 0.15) is 7.11 Å². The average Bonchev–Trinajstić information content (AvgIpc) is 2.28. The van der Waals surface area contributed by atoms with Crippen LogP contribution in [-0.2, 0) is 0 Å². The zero-order chi connectivity index (χ0) is 13.8. The van der Waals surface area contributed by atoms with E-state index in [0.29, 0.717) is 0 Å². The van der Waals surface area contributed by atoms with Crippen LogP contribution in [-0.4, -0.2) is 7.11 Å². The highest BCUT2D eigenvalue weighted by Gasteiger charge is 2.09. The van der Waals surface area contributed by atoms with Gasteiger partial charge in [-0.1, -0.05) is 18.2 Å². The number of rotatable bonds is 1. The van der Waals surface area contributed by atoms with Crippen LogP contribution in [0.4, 0.5) is 0 Å². The fourth-order valence-corrected chi connectivity index (χ4v) is 1.55. The molecule has 6 nitrogen and oxygen atoms in total. The molecule has 2 rings (SSSR count). The molecule has 0 saturated carbocycles. The third kappa shape index (κ3) is 4.44. The summed E-state index contributed by atoms with van der Waals surface area (Å²) in [5.74, 6) is 0. The summed E-state index contributed by atoms with van der Waals surface area (Å²) >= 11 is 0. The van der Waals surface area contributed by atoms with Crippen molar-refractivity contribution < 1.29 is 38.4 Å². The maximum absolute atomic E-state index is 8.49. The molecule has 0 aliphatic rings. The Morgan fingerprint density at radius 3 is 2.17 bits per heavy atom. The maximum atomic E-state index is 8.49. The zero-order valence-corrected chi connectivity index (χ0v) is 10.6. The van der Waals surface area contributed by atoms with Crippen LogP contribution in [0.1, 0.15) is 5.69 Å². The predicted molar refractivity (Wildman–Crippen MR) is 51.4 cm³/mol. The summed E-state index contributed by atoms with van der Waals surface area (Å²) in [6.07, 6.45) is 1.93. The highest BCUT2D eigenvalue weighted by Crippen LogP contribution is 2.13. The van der Waals surface area contributed by atoms with Crippen LogP contribution < -0.4 is 28.2 Å². The molecule has 1 aromatic carbocycles. The van der Waals surface area contributed by atoms with E-state index >= 15 is 0 Å². The number of pyridine rings is 1. The van der Waals surface area contributed by atoms with Crippen molar-refractivity contribution in [3.63, 3.8) is 0 Å². The SMILES string of the molecule is CO[n+]1ccc2ccccc2c1C.[O-][Cl+3]([O-])([O-])[O-]. The first-order valence-corrected chi connectivity index (χ1v) is 6.12. The van der Waals surface area contributed by atoms with Crippen LogP contribution in [0.2, 0.25) is 0 Å². The van der Waals surface area contributed by atoms with E-state index in [0.717, 1.165) is 5.69 Å². The topological polar surface area (TPSA) is 105 Å². The summed E-state index contributed by atoms with van der Waals surface area (Å²) < 4.78 is 35.7. The molecular formula is C11H12ClNO5. The number of aryl methyl sites for hydroxylation is 1. The zero-order valence-electron chi connectivity index (χ0n) is 9.83.